The number of benzene rings is 1. The van der Waals surface area contributed by atoms with Crippen LogP contribution in [0.15, 0.2) is 41.8 Å². The van der Waals surface area contributed by atoms with E-state index in [2.05, 4.69) is 36.5 Å². The van der Waals surface area contributed by atoms with Crippen LogP contribution in [0, 0.1) is 6.92 Å². The lowest BCUT2D eigenvalue weighted by Crippen LogP contribution is -2.17. The Hall–Kier alpha value is -1.16. The van der Waals surface area contributed by atoms with Crippen molar-refractivity contribution in [2.24, 2.45) is 0 Å². The van der Waals surface area contributed by atoms with Crippen molar-refractivity contribution in [3.63, 3.8) is 0 Å². The Bertz CT molecular complexity index is 467. The summed E-state index contributed by atoms with van der Waals surface area (Å²) in [5.41, 5.74) is 2.63. The predicted molar refractivity (Wildman–Crippen MR) is 76.8 cm³/mol. The van der Waals surface area contributed by atoms with Crippen LogP contribution in [-0.4, -0.2) is 11.7 Å². The molecule has 0 saturated heterocycles. The SMILES string of the molecule is Cc1ccccc1CNCC[C@H](O)c1cccs1. The van der Waals surface area contributed by atoms with Crippen LogP contribution in [0.1, 0.15) is 28.5 Å². The van der Waals surface area contributed by atoms with E-state index in [0.717, 1.165) is 24.4 Å². The molecule has 2 nitrogen and oxygen atoms in total. The van der Waals surface area contributed by atoms with Gasteiger partial charge in [-0.25, -0.2) is 0 Å². The molecule has 2 N–H and O–H groups in total. The second-order valence-electron chi connectivity index (χ2n) is 4.42. The van der Waals surface area contributed by atoms with E-state index in [0.29, 0.717) is 0 Å². The Morgan fingerprint density at radius 2 is 2.06 bits per heavy atom. The summed E-state index contributed by atoms with van der Waals surface area (Å²) >= 11 is 1.61. The van der Waals surface area contributed by atoms with Crippen molar-refractivity contribution in [1.29, 1.82) is 0 Å². The first kappa shape index (κ1) is 13.3. The molecule has 0 fully saturated rings. The highest BCUT2D eigenvalue weighted by atomic mass is 32.1. The van der Waals surface area contributed by atoms with E-state index in [9.17, 15) is 5.11 Å². The molecular formula is C15H19NOS. The quantitative estimate of drug-likeness (QED) is 0.782. The van der Waals surface area contributed by atoms with Gasteiger partial charge in [0.2, 0.25) is 0 Å². The van der Waals surface area contributed by atoms with Gasteiger partial charge in [0.1, 0.15) is 0 Å². The molecule has 2 aromatic rings. The average molecular weight is 261 g/mol. The Kier molecular flexibility index (Phi) is 4.93. The van der Waals surface area contributed by atoms with Crippen molar-refractivity contribution < 1.29 is 5.11 Å². The first-order valence-corrected chi connectivity index (χ1v) is 7.12. The zero-order valence-corrected chi connectivity index (χ0v) is 11.4. The molecule has 1 aromatic carbocycles. The van der Waals surface area contributed by atoms with Gasteiger partial charge in [-0.2, -0.15) is 0 Å². The molecule has 0 aliphatic carbocycles. The van der Waals surface area contributed by atoms with Gasteiger partial charge in [0.05, 0.1) is 6.10 Å². The normalized spacial score (nSPS) is 12.6. The Labute approximate surface area is 112 Å². The molecule has 96 valence electrons. The zero-order valence-electron chi connectivity index (χ0n) is 10.6. The van der Waals surface area contributed by atoms with E-state index >= 15 is 0 Å². The van der Waals surface area contributed by atoms with Crippen LogP contribution in [-0.2, 0) is 6.54 Å². The third-order valence-corrected chi connectivity index (χ3v) is 4.02. The Morgan fingerprint density at radius 3 is 2.78 bits per heavy atom. The van der Waals surface area contributed by atoms with Crippen molar-refractivity contribution in [2.45, 2.75) is 26.0 Å². The second kappa shape index (κ2) is 6.69. The number of rotatable bonds is 6. The Morgan fingerprint density at radius 1 is 1.22 bits per heavy atom. The van der Waals surface area contributed by atoms with Gasteiger partial charge >= 0.3 is 0 Å². The van der Waals surface area contributed by atoms with Gasteiger partial charge in [0, 0.05) is 11.4 Å². The van der Waals surface area contributed by atoms with E-state index in [1.807, 2.05) is 17.5 Å². The fourth-order valence-electron chi connectivity index (χ4n) is 1.89. The molecule has 1 atom stereocenters. The van der Waals surface area contributed by atoms with Crippen LogP contribution in [0.3, 0.4) is 0 Å². The highest BCUT2D eigenvalue weighted by molar-refractivity contribution is 7.10. The summed E-state index contributed by atoms with van der Waals surface area (Å²) in [6.07, 6.45) is 0.418. The zero-order chi connectivity index (χ0) is 12.8. The fraction of sp³-hybridized carbons (Fsp3) is 0.333. The second-order valence-corrected chi connectivity index (χ2v) is 5.40. The van der Waals surface area contributed by atoms with Crippen molar-refractivity contribution in [2.75, 3.05) is 6.54 Å². The molecule has 18 heavy (non-hydrogen) atoms. The van der Waals surface area contributed by atoms with E-state index in [1.54, 1.807) is 11.3 Å². The predicted octanol–water partition coefficient (Wildman–Crippen LogP) is 3.27. The molecule has 0 aliphatic heterocycles. The maximum absolute atomic E-state index is 9.93. The lowest BCUT2D eigenvalue weighted by molar-refractivity contribution is 0.170. The molecule has 0 unspecified atom stereocenters. The summed E-state index contributed by atoms with van der Waals surface area (Å²) < 4.78 is 0. The minimum atomic E-state index is -0.339. The standard InChI is InChI=1S/C15H19NOS/c1-12-5-2-3-6-13(12)11-16-9-8-14(17)15-7-4-10-18-15/h2-7,10,14,16-17H,8-9,11H2,1H3/t14-/m0/s1. The number of hydrogen-bond donors (Lipinski definition) is 2. The van der Waals surface area contributed by atoms with E-state index in [4.69, 9.17) is 0 Å². The number of hydrogen-bond acceptors (Lipinski definition) is 3. The van der Waals surface area contributed by atoms with Gasteiger partial charge in [0.25, 0.3) is 0 Å². The molecule has 1 aromatic heterocycles. The van der Waals surface area contributed by atoms with Crippen LogP contribution < -0.4 is 5.32 Å². The molecule has 3 heteroatoms. The summed E-state index contributed by atoms with van der Waals surface area (Å²) in [5.74, 6) is 0. The van der Waals surface area contributed by atoms with Crippen molar-refractivity contribution in [3.05, 3.63) is 57.8 Å². The number of nitrogens with one attached hydrogen (secondary N) is 1. The maximum atomic E-state index is 9.93. The molecule has 0 radical (unpaired) electrons. The number of aliphatic hydroxyl groups is 1. The van der Waals surface area contributed by atoms with Gasteiger partial charge in [-0.1, -0.05) is 30.3 Å². The lowest BCUT2D eigenvalue weighted by Gasteiger charge is -2.10. The minimum absolute atomic E-state index is 0.339. The lowest BCUT2D eigenvalue weighted by atomic mass is 10.1. The summed E-state index contributed by atoms with van der Waals surface area (Å²) in [7, 11) is 0. The fourth-order valence-corrected chi connectivity index (χ4v) is 2.64. The number of aryl methyl sites for hydroxylation is 1. The van der Waals surface area contributed by atoms with E-state index in [1.165, 1.54) is 11.1 Å². The summed E-state index contributed by atoms with van der Waals surface area (Å²) in [4.78, 5) is 1.05. The maximum Gasteiger partial charge on any atom is 0.0894 e. The molecule has 2 rings (SSSR count). The van der Waals surface area contributed by atoms with Gasteiger partial charge in [-0.3, -0.25) is 0 Å². The van der Waals surface area contributed by atoms with Crippen LogP contribution >= 0.6 is 11.3 Å². The van der Waals surface area contributed by atoms with Gasteiger partial charge in [-0.05, 0) is 42.5 Å². The van der Waals surface area contributed by atoms with Crippen molar-refractivity contribution >= 4 is 11.3 Å². The van der Waals surface area contributed by atoms with Crippen LogP contribution in [0.25, 0.3) is 0 Å². The largest absolute Gasteiger partial charge is 0.388 e. The molecule has 1 heterocycles. The summed E-state index contributed by atoms with van der Waals surface area (Å²) in [6.45, 7) is 3.81. The van der Waals surface area contributed by atoms with Crippen LogP contribution in [0.5, 0.6) is 0 Å². The van der Waals surface area contributed by atoms with Gasteiger partial charge in [-0.15, -0.1) is 11.3 Å². The molecular weight excluding hydrogens is 242 g/mol. The highest BCUT2D eigenvalue weighted by Crippen LogP contribution is 2.20. The third-order valence-electron chi connectivity index (χ3n) is 3.04. The first-order chi connectivity index (χ1) is 8.77. The average Bonchev–Trinajstić information content (AvgIpc) is 2.90. The highest BCUT2D eigenvalue weighted by Gasteiger charge is 2.07. The van der Waals surface area contributed by atoms with E-state index < -0.39 is 0 Å². The van der Waals surface area contributed by atoms with Crippen LogP contribution in [0.4, 0.5) is 0 Å². The summed E-state index contributed by atoms with van der Waals surface area (Å²) in [5, 5.41) is 15.3. The van der Waals surface area contributed by atoms with Gasteiger partial charge in [0.15, 0.2) is 0 Å². The smallest absolute Gasteiger partial charge is 0.0894 e. The topological polar surface area (TPSA) is 32.3 Å². The number of aliphatic hydroxyl groups excluding tert-OH is 1. The number of thiophene rings is 1. The monoisotopic (exact) mass is 261 g/mol. The molecule has 0 bridgehead atoms. The third kappa shape index (κ3) is 3.67. The molecule has 0 spiro atoms. The van der Waals surface area contributed by atoms with Gasteiger partial charge < -0.3 is 10.4 Å². The molecule has 0 saturated carbocycles. The van der Waals surface area contributed by atoms with Crippen LogP contribution in [0.2, 0.25) is 0 Å². The van der Waals surface area contributed by atoms with Crippen molar-refractivity contribution in [3.8, 4) is 0 Å². The first-order valence-electron chi connectivity index (χ1n) is 6.24. The minimum Gasteiger partial charge on any atom is -0.388 e. The van der Waals surface area contributed by atoms with E-state index in [-0.39, 0.29) is 6.10 Å². The molecule has 0 aliphatic rings. The Balaban J connectivity index is 1.72. The molecule has 0 amide bonds. The summed E-state index contributed by atoms with van der Waals surface area (Å²) in [6, 6.07) is 12.3. The van der Waals surface area contributed by atoms with Crippen molar-refractivity contribution in [1.82, 2.24) is 5.32 Å².